The molecule has 0 amide bonds. The largest absolute Gasteiger partial charge is 0.422 e. The van der Waals surface area contributed by atoms with Gasteiger partial charge in [-0.2, -0.15) is 13.2 Å². The van der Waals surface area contributed by atoms with Crippen LogP contribution < -0.4 is 5.32 Å². The van der Waals surface area contributed by atoms with Crippen LogP contribution in [0.5, 0.6) is 0 Å². The van der Waals surface area contributed by atoms with E-state index < -0.39 is 11.1 Å². The number of hydrogen-bond donors (Lipinski definition) is 1. The Labute approximate surface area is 122 Å². The van der Waals surface area contributed by atoms with E-state index in [9.17, 15) is 13.2 Å². The van der Waals surface area contributed by atoms with Gasteiger partial charge in [0.25, 0.3) is 0 Å². The molecule has 0 aromatic heterocycles. The van der Waals surface area contributed by atoms with Crippen molar-refractivity contribution in [3.8, 4) is 0 Å². The third-order valence-electron chi connectivity index (χ3n) is 2.67. The first-order valence-electron chi connectivity index (χ1n) is 6.70. The molecule has 0 atom stereocenters. The van der Waals surface area contributed by atoms with Crippen molar-refractivity contribution in [1.29, 1.82) is 0 Å². The minimum atomic E-state index is -4.31. The molecule has 1 rings (SSSR count). The van der Waals surface area contributed by atoms with E-state index in [1.165, 1.54) is 0 Å². The van der Waals surface area contributed by atoms with E-state index in [-0.39, 0.29) is 6.54 Å². The zero-order valence-corrected chi connectivity index (χ0v) is 12.6. The van der Waals surface area contributed by atoms with Gasteiger partial charge in [0.05, 0.1) is 4.91 Å². The zero-order valence-electron chi connectivity index (χ0n) is 11.8. The van der Waals surface area contributed by atoms with Crippen LogP contribution in [0.1, 0.15) is 25.8 Å². The van der Waals surface area contributed by atoms with Crippen molar-refractivity contribution in [2.75, 3.05) is 18.8 Å². The molecule has 0 aliphatic heterocycles. The highest BCUT2D eigenvalue weighted by Gasteiger charge is 2.36. The Balaban J connectivity index is 3.18. The summed E-state index contributed by atoms with van der Waals surface area (Å²) in [5.41, 5.74) is 0.961. The summed E-state index contributed by atoms with van der Waals surface area (Å²) in [4.78, 5) is -0.491. The van der Waals surface area contributed by atoms with Crippen molar-refractivity contribution in [2.45, 2.75) is 26.4 Å². The van der Waals surface area contributed by atoms with Gasteiger partial charge in [-0.25, -0.2) is 0 Å². The molecule has 20 heavy (non-hydrogen) atoms. The number of halogens is 3. The van der Waals surface area contributed by atoms with Crippen molar-refractivity contribution in [1.82, 2.24) is 5.32 Å². The third-order valence-corrected chi connectivity index (χ3v) is 3.73. The van der Waals surface area contributed by atoms with Gasteiger partial charge in [0.15, 0.2) is 0 Å². The first-order chi connectivity index (χ1) is 9.50. The quantitative estimate of drug-likeness (QED) is 0.732. The van der Waals surface area contributed by atoms with Crippen molar-refractivity contribution < 1.29 is 13.2 Å². The molecule has 1 aromatic carbocycles. The van der Waals surface area contributed by atoms with E-state index in [2.05, 4.69) is 5.32 Å². The predicted octanol–water partition coefficient (Wildman–Crippen LogP) is 4.71. The number of thioether (sulfide) groups is 1. The molecule has 1 N–H and O–H groups in total. The van der Waals surface area contributed by atoms with E-state index >= 15 is 0 Å². The first-order valence-corrected chi connectivity index (χ1v) is 7.68. The lowest BCUT2D eigenvalue weighted by Gasteiger charge is -2.18. The fraction of sp³-hybridized carbons (Fsp3) is 0.467. The number of alkyl halides is 3. The van der Waals surface area contributed by atoms with E-state index in [4.69, 9.17) is 0 Å². The average molecular weight is 303 g/mol. The van der Waals surface area contributed by atoms with Crippen LogP contribution in [0.4, 0.5) is 13.2 Å². The molecule has 1 nitrogen and oxygen atoms in total. The SMILES string of the molecule is CCCNC/C(=C(\SCC)C(F)(F)F)c1ccccc1. The van der Waals surface area contributed by atoms with Crippen molar-refractivity contribution in [3.05, 3.63) is 40.8 Å². The molecule has 0 aliphatic carbocycles. The second-order valence-corrected chi connectivity index (χ2v) is 5.56. The number of nitrogens with one attached hydrogen (secondary N) is 1. The van der Waals surface area contributed by atoms with Crippen LogP contribution in [0.25, 0.3) is 5.57 Å². The molecule has 0 saturated heterocycles. The number of allylic oxidation sites excluding steroid dienone is 1. The normalized spacial score (nSPS) is 13.2. The summed E-state index contributed by atoms with van der Waals surface area (Å²) in [5.74, 6) is 0.402. The van der Waals surface area contributed by atoms with Crippen LogP contribution >= 0.6 is 11.8 Å². The van der Waals surface area contributed by atoms with Crippen molar-refractivity contribution in [2.24, 2.45) is 0 Å². The highest BCUT2D eigenvalue weighted by molar-refractivity contribution is 8.03. The Hall–Kier alpha value is -0.940. The van der Waals surface area contributed by atoms with Crippen LogP contribution in [-0.4, -0.2) is 25.0 Å². The molecule has 5 heteroatoms. The lowest BCUT2D eigenvalue weighted by atomic mass is 10.1. The number of rotatable bonds is 7. The van der Waals surface area contributed by atoms with Crippen LogP contribution in [-0.2, 0) is 0 Å². The van der Waals surface area contributed by atoms with Gasteiger partial charge in [0.1, 0.15) is 0 Å². The van der Waals surface area contributed by atoms with Gasteiger partial charge in [0.2, 0.25) is 0 Å². The number of benzene rings is 1. The Morgan fingerprint density at radius 1 is 1.15 bits per heavy atom. The molecule has 1 aromatic rings. The summed E-state index contributed by atoms with van der Waals surface area (Å²) in [7, 11) is 0. The topological polar surface area (TPSA) is 12.0 Å². The van der Waals surface area contributed by atoms with E-state index in [0.29, 0.717) is 23.4 Å². The number of hydrogen-bond acceptors (Lipinski definition) is 2. The summed E-state index contributed by atoms with van der Waals surface area (Å²) in [5, 5.41) is 3.07. The molecule has 0 spiro atoms. The molecular formula is C15H20F3NS. The van der Waals surface area contributed by atoms with E-state index in [0.717, 1.165) is 18.2 Å². The second kappa shape index (κ2) is 8.37. The van der Waals surface area contributed by atoms with Gasteiger partial charge >= 0.3 is 6.18 Å². The van der Waals surface area contributed by atoms with Crippen LogP contribution in [0.3, 0.4) is 0 Å². The van der Waals surface area contributed by atoms with Gasteiger partial charge < -0.3 is 5.32 Å². The Kier molecular flexibility index (Phi) is 7.16. The van der Waals surface area contributed by atoms with Crippen molar-refractivity contribution in [3.63, 3.8) is 0 Å². The molecule has 0 fully saturated rings. The van der Waals surface area contributed by atoms with Crippen LogP contribution in [0.15, 0.2) is 35.2 Å². The molecule has 0 saturated carbocycles. The third kappa shape index (κ3) is 5.21. The fourth-order valence-corrected chi connectivity index (χ4v) is 2.64. The molecule has 0 aliphatic rings. The smallest absolute Gasteiger partial charge is 0.313 e. The highest BCUT2D eigenvalue weighted by Crippen LogP contribution is 2.39. The van der Waals surface area contributed by atoms with Crippen LogP contribution in [0.2, 0.25) is 0 Å². The lowest BCUT2D eigenvalue weighted by Crippen LogP contribution is -2.21. The maximum atomic E-state index is 13.2. The molecule has 0 heterocycles. The fourth-order valence-electron chi connectivity index (χ4n) is 1.83. The van der Waals surface area contributed by atoms with Gasteiger partial charge in [-0.3, -0.25) is 0 Å². The van der Waals surface area contributed by atoms with Gasteiger partial charge in [-0.05, 0) is 29.9 Å². The molecular weight excluding hydrogens is 283 g/mol. The maximum absolute atomic E-state index is 13.2. The Morgan fingerprint density at radius 3 is 2.30 bits per heavy atom. The van der Waals surface area contributed by atoms with E-state index in [1.807, 2.05) is 6.92 Å². The zero-order chi connectivity index (χ0) is 15.0. The lowest BCUT2D eigenvalue weighted by molar-refractivity contribution is -0.0831. The van der Waals surface area contributed by atoms with Gasteiger partial charge in [0, 0.05) is 6.54 Å². The minimum absolute atomic E-state index is 0.236. The van der Waals surface area contributed by atoms with E-state index in [1.54, 1.807) is 37.3 Å². The average Bonchev–Trinajstić information content (AvgIpc) is 2.42. The summed E-state index contributed by atoms with van der Waals surface area (Å²) >= 11 is 0.859. The summed E-state index contributed by atoms with van der Waals surface area (Å²) in [6, 6.07) is 8.79. The molecule has 0 unspecified atom stereocenters. The highest BCUT2D eigenvalue weighted by atomic mass is 32.2. The van der Waals surface area contributed by atoms with Crippen molar-refractivity contribution >= 4 is 17.3 Å². The van der Waals surface area contributed by atoms with Crippen LogP contribution in [0, 0.1) is 0 Å². The molecule has 0 bridgehead atoms. The summed E-state index contributed by atoms with van der Waals surface area (Å²) in [6.45, 7) is 4.67. The maximum Gasteiger partial charge on any atom is 0.422 e. The monoisotopic (exact) mass is 303 g/mol. The standard InChI is InChI=1S/C15H20F3NS/c1-3-10-19-11-13(12-8-6-5-7-9-12)14(20-4-2)15(16,17)18/h5-9,19H,3-4,10-11H2,1-2H3/b14-13+. The molecule has 0 radical (unpaired) electrons. The second-order valence-electron chi connectivity index (χ2n) is 4.28. The van der Waals surface area contributed by atoms with Gasteiger partial charge in [-0.1, -0.05) is 44.2 Å². The van der Waals surface area contributed by atoms with Gasteiger partial charge in [-0.15, -0.1) is 11.8 Å². The Morgan fingerprint density at radius 2 is 1.80 bits per heavy atom. The Bertz CT molecular complexity index is 426. The predicted molar refractivity (Wildman–Crippen MR) is 80.7 cm³/mol. The minimum Gasteiger partial charge on any atom is -0.313 e. The summed E-state index contributed by atoms with van der Waals surface area (Å²) in [6.07, 6.45) is -3.41. The first kappa shape index (κ1) is 17.1. The summed E-state index contributed by atoms with van der Waals surface area (Å²) < 4.78 is 39.7. The molecule has 112 valence electrons.